The largest absolute Gasteiger partial charge is 0.506 e. The number of carbonyl (C=O) groups excluding carboxylic acids is 2. The van der Waals surface area contributed by atoms with Crippen LogP contribution in [0.5, 0.6) is 0 Å². The normalized spacial score (nSPS) is 16.9. The van der Waals surface area contributed by atoms with Gasteiger partial charge in [0.15, 0.2) is 5.78 Å². The Morgan fingerprint density at radius 2 is 2.05 bits per heavy atom. The van der Waals surface area contributed by atoms with Gasteiger partial charge in [0.05, 0.1) is 12.0 Å². The van der Waals surface area contributed by atoms with Crippen molar-refractivity contribution in [3.63, 3.8) is 0 Å². The molecule has 1 aromatic rings. The molecule has 1 aliphatic carbocycles. The first-order chi connectivity index (χ1) is 9.30. The van der Waals surface area contributed by atoms with Gasteiger partial charge in [-0.15, -0.1) is 0 Å². The Hall–Kier alpha value is -1.62. The van der Waals surface area contributed by atoms with Crippen LogP contribution < -0.4 is 0 Å². The highest BCUT2D eigenvalue weighted by Crippen LogP contribution is 2.40. The predicted molar refractivity (Wildman–Crippen MR) is 78.4 cm³/mol. The van der Waals surface area contributed by atoms with Crippen LogP contribution in [-0.2, 0) is 19.7 Å². The van der Waals surface area contributed by atoms with E-state index in [1.807, 2.05) is 0 Å². The number of fused-ring (bicyclic) bond motifs is 1. The average molecular weight is 339 g/mol. The highest BCUT2D eigenvalue weighted by atomic mass is 79.9. The maximum atomic E-state index is 12.5. The number of hydrogen-bond donors (Lipinski definition) is 1. The highest BCUT2D eigenvalue weighted by Gasteiger charge is 2.43. The summed E-state index contributed by atoms with van der Waals surface area (Å²) in [7, 11) is 0. The molecule has 0 radical (unpaired) electrons. The quantitative estimate of drug-likeness (QED) is 0.664. The molecule has 0 unspecified atom stereocenters. The predicted octanol–water partition coefficient (Wildman–Crippen LogP) is 3.14. The summed E-state index contributed by atoms with van der Waals surface area (Å²) < 4.78 is 5.63. The summed E-state index contributed by atoms with van der Waals surface area (Å²) in [5, 5.41) is 10.3. The molecule has 0 amide bonds. The van der Waals surface area contributed by atoms with Crippen LogP contribution in [-0.4, -0.2) is 23.5 Å². The van der Waals surface area contributed by atoms with Crippen molar-refractivity contribution < 1.29 is 19.4 Å². The number of aliphatic hydroxyl groups is 1. The van der Waals surface area contributed by atoms with Gasteiger partial charge < -0.3 is 9.84 Å². The molecule has 1 aliphatic rings. The number of rotatable bonds is 2. The molecule has 0 spiro atoms. The summed E-state index contributed by atoms with van der Waals surface area (Å²) in [5.74, 6) is -1.53. The molecule has 0 aromatic heterocycles. The fraction of sp³-hybridized carbons (Fsp3) is 0.333. The van der Waals surface area contributed by atoms with E-state index in [2.05, 4.69) is 15.9 Å². The van der Waals surface area contributed by atoms with Gasteiger partial charge in [0, 0.05) is 10.0 Å². The first-order valence-corrected chi connectivity index (χ1v) is 7.05. The molecular formula is C15H15BrO4. The van der Waals surface area contributed by atoms with Crippen LogP contribution in [0, 0.1) is 0 Å². The van der Waals surface area contributed by atoms with Crippen molar-refractivity contribution in [2.45, 2.75) is 26.2 Å². The van der Waals surface area contributed by atoms with Crippen molar-refractivity contribution >= 4 is 33.4 Å². The van der Waals surface area contributed by atoms with E-state index in [0.29, 0.717) is 11.1 Å². The number of benzene rings is 1. The summed E-state index contributed by atoms with van der Waals surface area (Å²) in [6.45, 7) is 5.26. The van der Waals surface area contributed by atoms with Crippen molar-refractivity contribution in [3.05, 3.63) is 39.4 Å². The fourth-order valence-electron chi connectivity index (χ4n) is 2.33. The lowest BCUT2D eigenvalue weighted by Gasteiger charge is -2.31. The van der Waals surface area contributed by atoms with Crippen LogP contribution in [0.15, 0.2) is 28.2 Å². The van der Waals surface area contributed by atoms with E-state index >= 15 is 0 Å². The molecule has 1 N–H and O–H groups in total. The van der Waals surface area contributed by atoms with Gasteiger partial charge in [-0.1, -0.05) is 22.0 Å². The third-order valence-corrected chi connectivity index (χ3v) is 3.91. The van der Waals surface area contributed by atoms with E-state index in [9.17, 15) is 14.7 Å². The molecule has 1 aromatic carbocycles. The van der Waals surface area contributed by atoms with Gasteiger partial charge in [-0.05, 0) is 38.5 Å². The number of ether oxygens (including phenoxy) is 1. The Morgan fingerprint density at radius 1 is 1.40 bits per heavy atom. The SMILES string of the molecule is CCOC(=O)C1=C(O)c2cc(Br)ccc2C(C)(C)C1=O. The molecule has 0 fully saturated rings. The summed E-state index contributed by atoms with van der Waals surface area (Å²) in [4.78, 5) is 24.4. The number of aliphatic hydroxyl groups excluding tert-OH is 1. The van der Waals surface area contributed by atoms with Gasteiger partial charge >= 0.3 is 5.97 Å². The number of Topliss-reactive ketones (excluding diaryl/α,β-unsaturated/α-hetero) is 1. The van der Waals surface area contributed by atoms with Crippen LogP contribution in [0.3, 0.4) is 0 Å². The van der Waals surface area contributed by atoms with Crippen molar-refractivity contribution in [3.8, 4) is 0 Å². The van der Waals surface area contributed by atoms with Gasteiger partial charge in [0.25, 0.3) is 0 Å². The lowest BCUT2D eigenvalue weighted by molar-refractivity contribution is -0.140. The molecule has 0 bridgehead atoms. The first kappa shape index (κ1) is 14.8. The topological polar surface area (TPSA) is 63.6 Å². The van der Waals surface area contributed by atoms with Gasteiger partial charge in [0.1, 0.15) is 11.3 Å². The van der Waals surface area contributed by atoms with Gasteiger partial charge in [-0.2, -0.15) is 0 Å². The Kier molecular flexibility index (Phi) is 3.73. The minimum Gasteiger partial charge on any atom is -0.506 e. The van der Waals surface area contributed by atoms with Crippen LogP contribution in [0.4, 0.5) is 0 Å². The number of halogens is 1. The Labute approximate surface area is 125 Å². The molecule has 0 saturated carbocycles. The van der Waals surface area contributed by atoms with Crippen molar-refractivity contribution in [1.82, 2.24) is 0 Å². The Morgan fingerprint density at radius 3 is 2.65 bits per heavy atom. The third-order valence-electron chi connectivity index (χ3n) is 3.42. The minimum atomic E-state index is -0.885. The number of ketones is 1. The second kappa shape index (κ2) is 5.05. The average Bonchev–Trinajstić information content (AvgIpc) is 2.37. The smallest absolute Gasteiger partial charge is 0.345 e. The zero-order valence-electron chi connectivity index (χ0n) is 11.5. The van der Waals surface area contributed by atoms with Crippen LogP contribution >= 0.6 is 15.9 Å². The zero-order valence-corrected chi connectivity index (χ0v) is 13.1. The van der Waals surface area contributed by atoms with Crippen molar-refractivity contribution in [1.29, 1.82) is 0 Å². The van der Waals surface area contributed by atoms with Crippen LogP contribution in [0.25, 0.3) is 5.76 Å². The second-order valence-electron chi connectivity index (χ2n) is 5.09. The van der Waals surface area contributed by atoms with Gasteiger partial charge in [-0.3, -0.25) is 4.79 Å². The highest BCUT2D eigenvalue weighted by molar-refractivity contribution is 9.10. The van der Waals surface area contributed by atoms with Crippen molar-refractivity contribution in [2.75, 3.05) is 6.61 Å². The zero-order chi connectivity index (χ0) is 15.1. The molecule has 2 rings (SSSR count). The van der Waals surface area contributed by atoms with E-state index in [4.69, 9.17) is 4.74 Å². The molecule has 20 heavy (non-hydrogen) atoms. The molecule has 4 nitrogen and oxygen atoms in total. The maximum Gasteiger partial charge on any atom is 0.345 e. The molecule has 106 valence electrons. The van der Waals surface area contributed by atoms with E-state index in [0.717, 1.165) is 4.47 Å². The fourth-order valence-corrected chi connectivity index (χ4v) is 2.69. The monoisotopic (exact) mass is 338 g/mol. The molecule has 5 heteroatoms. The number of hydrogen-bond acceptors (Lipinski definition) is 4. The maximum absolute atomic E-state index is 12.5. The lowest BCUT2D eigenvalue weighted by atomic mass is 9.71. The van der Waals surface area contributed by atoms with Crippen LogP contribution in [0.1, 0.15) is 31.9 Å². The van der Waals surface area contributed by atoms with E-state index < -0.39 is 17.2 Å². The number of carbonyl (C=O) groups is 2. The second-order valence-corrected chi connectivity index (χ2v) is 6.00. The van der Waals surface area contributed by atoms with Crippen molar-refractivity contribution in [2.24, 2.45) is 0 Å². The lowest BCUT2D eigenvalue weighted by Crippen LogP contribution is -2.38. The van der Waals surface area contributed by atoms with Gasteiger partial charge in [0.2, 0.25) is 0 Å². The third kappa shape index (κ3) is 2.16. The van der Waals surface area contributed by atoms with E-state index in [1.54, 1.807) is 39.0 Å². The summed E-state index contributed by atoms with van der Waals surface area (Å²) >= 11 is 3.32. The van der Waals surface area contributed by atoms with E-state index in [1.165, 1.54) is 0 Å². The van der Waals surface area contributed by atoms with Crippen LogP contribution in [0.2, 0.25) is 0 Å². The summed E-state index contributed by atoms with van der Waals surface area (Å²) in [6, 6.07) is 5.27. The minimum absolute atomic E-state index is 0.147. The van der Waals surface area contributed by atoms with Gasteiger partial charge in [-0.25, -0.2) is 4.79 Å². The molecule has 0 heterocycles. The Bertz CT molecular complexity index is 629. The first-order valence-electron chi connectivity index (χ1n) is 6.26. The number of esters is 1. The molecular weight excluding hydrogens is 324 g/mol. The molecule has 0 saturated heterocycles. The van der Waals surface area contributed by atoms with E-state index in [-0.39, 0.29) is 17.9 Å². The summed E-state index contributed by atoms with van der Waals surface area (Å²) in [5.41, 5.74) is 0.00963. The molecule has 0 atom stereocenters. The molecule has 0 aliphatic heterocycles. The standard InChI is InChI=1S/C15H15BrO4/c1-4-20-14(19)11-12(17)9-7-8(16)5-6-10(9)15(2,3)13(11)18/h5-7,17H,4H2,1-3H3. The Balaban J connectivity index is 2.71. The summed E-state index contributed by atoms with van der Waals surface area (Å²) in [6.07, 6.45) is 0.